The summed E-state index contributed by atoms with van der Waals surface area (Å²) in [5, 5.41) is 2.06. The average Bonchev–Trinajstić information content (AvgIpc) is 2.42. The molecule has 3 heteroatoms. The number of nitrogens with two attached hydrogens (primary N) is 1. The van der Waals surface area contributed by atoms with Gasteiger partial charge in [-0.3, -0.25) is 0 Å². The highest BCUT2D eigenvalue weighted by Crippen LogP contribution is 2.31. The van der Waals surface area contributed by atoms with Crippen LogP contribution >= 0.6 is 11.3 Å². The fraction of sp³-hybridized carbons (Fsp3) is 0.111. The number of halogens is 1. The molecule has 0 saturated heterocycles. The van der Waals surface area contributed by atoms with Gasteiger partial charge in [-0.2, -0.15) is 0 Å². The molecule has 0 saturated carbocycles. The Morgan fingerprint density at radius 1 is 1.42 bits per heavy atom. The number of hydrogen-bond acceptors (Lipinski definition) is 2. The summed E-state index contributed by atoms with van der Waals surface area (Å²) in [7, 11) is 0. The van der Waals surface area contributed by atoms with Gasteiger partial charge in [0.25, 0.3) is 0 Å². The average molecular weight is 181 g/mol. The molecule has 1 aromatic heterocycles. The predicted molar refractivity (Wildman–Crippen MR) is 50.9 cm³/mol. The molecule has 2 aromatic rings. The molecule has 2 rings (SSSR count). The molecule has 0 aliphatic carbocycles. The minimum atomic E-state index is -0.212. The molecule has 2 N–H and O–H groups in total. The number of anilines is 1. The van der Waals surface area contributed by atoms with Gasteiger partial charge in [-0.15, -0.1) is 11.3 Å². The van der Waals surface area contributed by atoms with Crippen LogP contribution < -0.4 is 5.73 Å². The normalized spacial score (nSPS) is 10.8. The van der Waals surface area contributed by atoms with Crippen LogP contribution in [0.3, 0.4) is 0 Å². The Labute approximate surface area is 73.6 Å². The predicted octanol–water partition coefficient (Wildman–Crippen LogP) is 2.93. The summed E-state index contributed by atoms with van der Waals surface area (Å²) >= 11 is 1.40. The molecule has 0 aliphatic rings. The molecule has 0 amide bonds. The molecule has 0 atom stereocenters. The van der Waals surface area contributed by atoms with Gasteiger partial charge in [-0.05, 0) is 18.6 Å². The van der Waals surface area contributed by atoms with Crippen molar-refractivity contribution in [2.75, 3.05) is 5.73 Å². The van der Waals surface area contributed by atoms with Gasteiger partial charge in [-0.1, -0.05) is 6.07 Å². The van der Waals surface area contributed by atoms with Crippen molar-refractivity contribution in [1.29, 1.82) is 0 Å². The highest BCUT2D eigenvalue weighted by molar-refractivity contribution is 7.17. The molecule has 12 heavy (non-hydrogen) atoms. The summed E-state index contributed by atoms with van der Waals surface area (Å²) < 4.78 is 14.1. The standard InChI is InChI=1S/C9H8FNS/c1-5-2-3-7(11)8-6(10)4-12-9(5)8/h2-4H,11H2,1H3. The number of fused-ring (bicyclic) bond motifs is 1. The number of rotatable bonds is 0. The van der Waals surface area contributed by atoms with Gasteiger partial charge >= 0.3 is 0 Å². The van der Waals surface area contributed by atoms with Gasteiger partial charge in [-0.25, -0.2) is 4.39 Å². The Hall–Kier alpha value is -1.09. The Morgan fingerprint density at radius 2 is 2.17 bits per heavy atom. The van der Waals surface area contributed by atoms with Crippen LogP contribution in [0.1, 0.15) is 5.56 Å². The summed E-state index contributed by atoms with van der Waals surface area (Å²) in [4.78, 5) is 0. The van der Waals surface area contributed by atoms with E-state index in [1.54, 1.807) is 6.07 Å². The lowest BCUT2D eigenvalue weighted by molar-refractivity contribution is 0.644. The molecule has 0 aliphatic heterocycles. The van der Waals surface area contributed by atoms with Gasteiger partial charge in [0.15, 0.2) is 0 Å². The van der Waals surface area contributed by atoms with E-state index >= 15 is 0 Å². The van der Waals surface area contributed by atoms with Gasteiger partial charge in [0.1, 0.15) is 5.82 Å². The third-order valence-corrected chi connectivity index (χ3v) is 2.99. The van der Waals surface area contributed by atoms with Crippen LogP contribution in [-0.2, 0) is 0 Å². The Bertz CT molecular complexity index is 433. The minimum Gasteiger partial charge on any atom is -0.398 e. The van der Waals surface area contributed by atoms with Crippen LogP contribution in [-0.4, -0.2) is 0 Å². The monoisotopic (exact) mass is 181 g/mol. The molecular weight excluding hydrogens is 173 g/mol. The van der Waals surface area contributed by atoms with Gasteiger partial charge in [0, 0.05) is 15.8 Å². The van der Waals surface area contributed by atoms with Crippen molar-refractivity contribution < 1.29 is 4.39 Å². The van der Waals surface area contributed by atoms with Crippen molar-refractivity contribution in [3.8, 4) is 0 Å². The second kappa shape index (κ2) is 2.45. The zero-order valence-electron chi connectivity index (χ0n) is 6.60. The zero-order valence-corrected chi connectivity index (χ0v) is 7.41. The summed E-state index contributed by atoms with van der Waals surface area (Å²) in [6.45, 7) is 1.96. The third kappa shape index (κ3) is 0.898. The fourth-order valence-corrected chi connectivity index (χ4v) is 2.20. The first-order valence-corrected chi connectivity index (χ1v) is 4.50. The maximum Gasteiger partial charge on any atom is 0.143 e. The molecule has 0 unspecified atom stereocenters. The van der Waals surface area contributed by atoms with Crippen molar-refractivity contribution in [3.05, 3.63) is 28.9 Å². The molecule has 0 radical (unpaired) electrons. The van der Waals surface area contributed by atoms with E-state index in [9.17, 15) is 4.39 Å². The van der Waals surface area contributed by atoms with Crippen LogP contribution in [0.5, 0.6) is 0 Å². The van der Waals surface area contributed by atoms with E-state index in [-0.39, 0.29) is 5.82 Å². The highest BCUT2D eigenvalue weighted by Gasteiger charge is 2.07. The van der Waals surface area contributed by atoms with E-state index in [0.717, 1.165) is 10.3 Å². The summed E-state index contributed by atoms with van der Waals surface area (Å²) in [5.74, 6) is -0.212. The summed E-state index contributed by atoms with van der Waals surface area (Å²) in [5.41, 5.74) is 7.24. The lowest BCUT2D eigenvalue weighted by Crippen LogP contribution is -1.87. The second-order valence-corrected chi connectivity index (χ2v) is 3.64. The third-order valence-electron chi connectivity index (χ3n) is 1.91. The number of hydrogen-bond donors (Lipinski definition) is 1. The topological polar surface area (TPSA) is 26.0 Å². The maximum absolute atomic E-state index is 13.1. The largest absolute Gasteiger partial charge is 0.398 e. The quantitative estimate of drug-likeness (QED) is 0.621. The van der Waals surface area contributed by atoms with E-state index in [1.165, 1.54) is 16.7 Å². The molecule has 0 bridgehead atoms. The lowest BCUT2D eigenvalue weighted by Gasteiger charge is -1.98. The van der Waals surface area contributed by atoms with E-state index in [0.29, 0.717) is 11.1 Å². The van der Waals surface area contributed by atoms with E-state index in [1.807, 2.05) is 13.0 Å². The molecule has 0 fully saturated rings. The molecule has 1 aromatic carbocycles. The van der Waals surface area contributed by atoms with Gasteiger partial charge < -0.3 is 5.73 Å². The second-order valence-electron chi connectivity index (χ2n) is 2.76. The summed E-state index contributed by atoms with van der Waals surface area (Å²) in [6, 6.07) is 3.65. The first-order valence-electron chi connectivity index (χ1n) is 3.62. The Balaban J connectivity index is 2.98. The molecular formula is C9H8FNS. The maximum atomic E-state index is 13.1. The van der Waals surface area contributed by atoms with Crippen molar-refractivity contribution in [1.82, 2.24) is 0 Å². The van der Waals surface area contributed by atoms with Crippen LogP contribution in [0.2, 0.25) is 0 Å². The zero-order chi connectivity index (χ0) is 8.72. The Kier molecular flexibility index (Phi) is 1.54. The minimum absolute atomic E-state index is 0.212. The summed E-state index contributed by atoms with van der Waals surface area (Å²) in [6.07, 6.45) is 0. The number of aryl methyl sites for hydroxylation is 1. The number of thiophene rings is 1. The first-order chi connectivity index (χ1) is 5.70. The fourth-order valence-electron chi connectivity index (χ4n) is 1.27. The van der Waals surface area contributed by atoms with Crippen molar-refractivity contribution >= 4 is 27.1 Å². The van der Waals surface area contributed by atoms with Crippen LogP contribution in [0.4, 0.5) is 10.1 Å². The van der Waals surface area contributed by atoms with E-state index in [2.05, 4.69) is 0 Å². The lowest BCUT2D eigenvalue weighted by atomic mass is 10.1. The molecule has 62 valence electrons. The van der Waals surface area contributed by atoms with E-state index in [4.69, 9.17) is 5.73 Å². The van der Waals surface area contributed by atoms with Crippen molar-refractivity contribution in [2.45, 2.75) is 6.92 Å². The van der Waals surface area contributed by atoms with Gasteiger partial charge in [0.2, 0.25) is 0 Å². The SMILES string of the molecule is Cc1ccc(N)c2c(F)csc12. The van der Waals surface area contributed by atoms with Crippen molar-refractivity contribution in [3.63, 3.8) is 0 Å². The highest BCUT2D eigenvalue weighted by atomic mass is 32.1. The van der Waals surface area contributed by atoms with E-state index < -0.39 is 0 Å². The van der Waals surface area contributed by atoms with Gasteiger partial charge in [0.05, 0.1) is 5.39 Å². The molecule has 0 spiro atoms. The molecule has 1 heterocycles. The van der Waals surface area contributed by atoms with Crippen molar-refractivity contribution in [2.24, 2.45) is 0 Å². The molecule has 1 nitrogen and oxygen atoms in total. The number of nitrogen functional groups attached to an aromatic ring is 1. The Morgan fingerprint density at radius 3 is 2.83 bits per heavy atom. The number of benzene rings is 1. The van der Waals surface area contributed by atoms with Crippen LogP contribution in [0.25, 0.3) is 10.1 Å². The smallest absolute Gasteiger partial charge is 0.143 e. The van der Waals surface area contributed by atoms with Crippen LogP contribution in [0, 0.1) is 12.7 Å². The first kappa shape index (κ1) is 7.55. The van der Waals surface area contributed by atoms with Crippen LogP contribution in [0.15, 0.2) is 17.5 Å².